The van der Waals surface area contributed by atoms with Crippen LogP contribution in [0.1, 0.15) is 49.9 Å². The molecule has 0 aliphatic rings. The molecule has 0 fully saturated rings. The second kappa shape index (κ2) is 11.7. The first kappa shape index (κ1) is 25.8. The number of hydrogen-bond acceptors (Lipinski definition) is 6. The summed E-state index contributed by atoms with van der Waals surface area (Å²) < 4.78 is 12.6. The number of aryl methyl sites for hydroxylation is 1. The minimum Gasteiger partial charge on any atom is -0.496 e. The summed E-state index contributed by atoms with van der Waals surface area (Å²) in [5, 5.41) is 10.1. The van der Waals surface area contributed by atoms with Gasteiger partial charge in [0.05, 0.1) is 50.0 Å². The Morgan fingerprint density at radius 3 is 2.59 bits per heavy atom. The number of methoxy groups -OCH3 is 2. The first-order valence-corrected chi connectivity index (χ1v) is 12.0. The van der Waals surface area contributed by atoms with Crippen LogP contribution in [0.4, 0.5) is 0 Å². The van der Waals surface area contributed by atoms with Gasteiger partial charge in [-0.3, -0.25) is 19.7 Å². The number of pyridine rings is 2. The fraction of sp³-hybridized carbons (Fsp3) is 0.286. The van der Waals surface area contributed by atoms with Crippen molar-refractivity contribution in [2.24, 2.45) is 0 Å². The highest BCUT2D eigenvalue weighted by atomic mass is 16.5. The van der Waals surface area contributed by atoms with E-state index < -0.39 is 0 Å². The van der Waals surface area contributed by atoms with E-state index >= 15 is 0 Å². The van der Waals surface area contributed by atoms with Crippen LogP contribution in [0.25, 0.3) is 0 Å². The van der Waals surface area contributed by atoms with E-state index in [0.29, 0.717) is 24.4 Å². The molecule has 1 atom stereocenters. The van der Waals surface area contributed by atoms with Gasteiger partial charge in [0.2, 0.25) is 0 Å². The Balaban J connectivity index is 1.52. The third-order valence-electron chi connectivity index (χ3n) is 6.40. The van der Waals surface area contributed by atoms with Gasteiger partial charge in [-0.15, -0.1) is 0 Å². The highest BCUT2D eigenvalue weighted by Gasteiger charge is 2.24. The zero-order valence-electron chi connectivity index (χ0n) is 21.4. The molecule has 4 aromatic rings. The van der Waals surface area contributed by atoms with Gasteiger partial charge in [-0.1, -0.05) is 30.3 Å². The number of carbonyl (C=O) groups is 1. The summed E-state index contributed by atoms with van der Waals surface area (Å²) in [6.07, 6.45) is 5.03. The lowest BCUT2D eigenvalue weighted by atomic mass is 9.93. The molecule has 0 radical (unpaired) electrons. The standard InChI is InChI=1S/C28H31N5O4/c1-18-13-29-24(19(2)27(18)37-4)15-30-28(35)22-14-31-32-26(22)23(17-36-3)21-10-8-20(9-11-21)16-33-12-6-5-7-25(33)34/h5-14,23H,15-17H2,1-4H3,(H,30,35)(H,31,32). The molecule has 3 heterocycles. The Morgan fingerprint density at radius 2 is 1.89 bits per heavy atom. The topological polar surface area (TPSA) is 111 Å². The SMILES string of the molecule is COCC(c1ccc(Cn2ccccc2=O)cc1)c1[nH]ncc1C(=O)NCc1ncc(C)c(OC)c1C. The fourth-order valence-corrected chi connectivity index (χ4v) is 4.41. The van der Waals surface area contributed by atoms with Crippen molar-refractivity contribution in [2.45, 2.75) is 32.9 Å². The highest BCUT2D eigenvalue weighted by molar-refractivity contribution is 5.95. The van der Waals surface area contributed by atoms with Gasteiger partial charge >= 0.3 is 0 Å². The number of hydrogen-bond donors (Lipinski definition) is 2. The number of nitrogens with zero attached hydrogens (tertiary/aromatic N) is 3. The fourth-order valence-electron chi connectivity index (χ4n) is 4.41. The minimum absolute atomic E-state index is 0.0496. The van der Waals surface area contributed by atoms with E-state index in [2.05, 4.69) is 20.5 Å². The Kier molecular flexibility index (Phi) is 8.15. The number of H-pyrrole nitrogens is 1. The quantitative estimate of drug-likeness (QED) is 0.345. The molecule has 2 N–H and O–H groups in total. The summed E-state index contributed by atoms with van der Waals surface area (Å²) >= 11 is 0. The number of amides is 1. The number of aromatic amines is 1. The highest BCUT2D eigenvalue weighted by Crippen LogP contribution is 2.27. The molecule has 192 valence electrons. The summed E-state index contributed by atoms with van der Waals surface area (Å²) in [6, 6.07) is 13.0. The van der Waals surface area contributed by atoms with Gasteiger partial charge in [0, 0.05) is 42.6 Å². The van der Waals surface area contributed by atoms with E-state index in [1.165, 1.54) is 6.20 Å². The summed E-state index contributed by atoms with van der Waals surface area (Å²) in [4.78, 5) is 29.7. The number of benzene rings is 1. The molecule has 9 nitrogen and oxygen atoms in total. The van der Waals surface area contributed by atoms with Crippen LogP contribution in [0.5, 0.6) is 5.75 Å². The van der Waals surface area contributed by atoms with Crippen LogP contribution in [0, 0.1) is 13.8 Å². The summed E-state index contributed by atoms with van der Waals surface area (Å²) in [5.41, 5.74) is 5.59. The van der Waals surface area contributed by atoms with Crippen molar-refractivity contribution < 1.29 is 14.3 Å². The van der Waals surface area contributed by atoms with E-state index in [-0.39, 0.29) is 23.9 Å². The molecular formula is C28H31N5O4. The Hall–Kier alpha value is -4.24. The van der Waals surface area contributed by atoms with Gasteiger partial charge in [0.1, 0.15) is 5.75 Å². The zero-order chi connectivity index (χ0) is 26.4. The molecule has 9 heteroatoms. The van der Waals surface area contributed by atoms with Crippen molar-refractivity contribution >= 4 is 5.91 Å². The molecule has 0 saturated carbocycles. The number of rotatable bonds is 10. The minimum atomic E-state index is -0.259. The summed E-state index contributed by atoms with van der Waals surface area (Å²) in [5.74, 6) is 0.274. The first-order chi connectivity index (χ1) is 17.9. The molecule has 1 unspecified atom stereocenters. The largest absolute Gasteiger partial charge is 0.496 e. The molecule has 0 aliphatic heterocycles. The Labute approximate surface area is 215 Å². The molecule has 0 aliphatic carbocycles. The smallest absolute Gasteiger partial charge is 0.255 e. The number of carbonyl (C=O) groups excluding carboxylic acids is 1. The van der Waals surface area contributed by atoms with Crippen LogP contribution >= 0.6 is 0 Å². The second-order valence-corrected chi connectivity index (χ2v) is 8.84. The Bertz CT molecular complexity index is 1430. The molecule has 3 aromatic heterocycles. The summed E-state index contributed by atoms with van der Waals surface area (Å²) in [6.45, 7) is 4.95. The Morgan fingerprint density at radius 1 is 1.11 bits per heavy atom. The molecule has 1 aromatic carbocycles. The number of ether oxygens (including phenoxy) is 2. The molecule has 4 rings (SSSR count). The monoisotopic (exact) mass is 501 g/mol. The predicted octanol–water partition coefficient (Wildman–Crippen LogP) is 3.35. The third-order valence-corrected chi connectivity index (χ3v) is 6.40. The summed E-state index contributed by atoms with van der Waals surface area (Å²) in [7, 11) is 3.25. The maximum atomic E-state index is 13.2. The average Bonchev–Trinajstić information content (AvgIpc) is 3.39. The van der Waals surface area contributed by atoms with Crippen LogP contribution in [0.2, 0.25) is 0 Å². The molecule has 0 spiro atoms. The molecule has 0 saturated heterocycles. The van der Waals surface area contributed by atoms with Gasteiger partial charge in [0.15, 0.2) is 0 Å². The predicted molar refractivity (Wildman–Crippen MR) is 140 cm³/mol. The van der Waals surface area contributed by atoms with Crippen molar-refractivity contribution in [2.75, 3.05) is 20.8 Å². The van der Waals surface area contributed by atoms with Crippen LogP contribution in [0.15, 0.2) is 65.8 Å². The van der Waals surface area contributed by atoms with Gasteiger partial charge in [-0.25, -0.2) is 0 Å². The maximum Gasteiger partial charge on any atom is 0.255 e. The average molecular weight is 502 g/mol. The van der Waals surface area contributed by atoms with E-state index in [1.54, 1.807) is 43.3 Å². The number of nitrogens with one attached hydrogen (secondary N) is 2. The van der Waals surface area contributed by atoms with E-state index in [0.717, 1.165) is 33.7 Å². The van der Waals surface area contributed by atoms with Crippen molar-refractivity contribution in [3.63, 3.8) is 0 Å². The molecule has 0 bridgehead atoms. The first-order valence-electron chi connectivity index (χ1n) is 12.0. The second-order valence-electron chi connectivity index (χ2n) is 8.84. The lowest BCUT2D eigenvalue weighted by molar-refractivity contribution is 0.0948. The van der Waals surface area contributed by atoms with E-state index in [1.807, 2.05) is 44.2 Å². The van der Waals surface area contributed by atoms with Gasteiger partial charge < -0.3 is 19.4 Å². The van der Waals surface area contributed by atoms with Gasteiger partial charge in [0.25, 0.3) is 11.5 Å². The van der Waals surface area contributed by atoms with E-state index in [9.17, 15) is 9.59 Å². The lowest BCUT2D eigenvalue weighted by Gasteiger charge is -2.18. The third kappa shape index (κ3) is 5.78. The lowest BCUT2D eigenvalue weighted by Crippen LogP contribution is -2.25. The number of aromatic nitrogens is 4. The van der Waals surface area contributed by atoms with Crippen LogP contribution < -0.4 is 15.6 Å². The maximum absolute atomic E-state index is 13.2. The van der Waals surface area contributed by atoms with Gasteiger partial charge in [-0.2, -0.15) is 5.10 Å². The molecule has 1 amide bonds. The van der Waals surface area contributed by atoms with Gasteiger partial charge in [-0.05, 0) is 31.0 Å². The molecule has 37 heavy (non-hydrogen) atoms. The van der Waals surface area contributed by atoms with Crippen LogP contribution in [0.3, 0.4) is 0 Å². The normalized spacial score (nSPS) is 11.8. The van der Waals surface area contributed by atoms with E-state index in [4.69, 9.17) is 9.47 Å². The van der Waals surface area contributed by atoms with Crippen molar-refractivity contribution in [1.82, 2.24) is 25.1 Å². The van der Waals surface area contributed by atoms with Crippen molar-refractivity contribution in [3.05, 3.63) is 111 Å². The molecular weight excluding hydrogens is 470 g/mol. The van der Waals surface area contributed by atoms with Crippen LogP contribution in [-0.2, 0) is 17.8 Å². The van der Waals surface area contributed by atoms with Crippen LogP contribution in [-0.4, -0.2) is 46.5 Å². The van der Waals surface area contributed by atoms with Crippen molar-refractivity contribution in [1.29, 1.82) is 0 Å². The zero-order valence-corrected chi connectivity index (χ0v) is 21.4. The van der Waals surface area contributed by atoms with Crippen molar-refractivity contribution in [3.8, 4) is 5.75 Å².